The van der Waals surface area contributed by atoms with Crippen LogP contribution >= 0.6 is 0 Å². The second-order valence-corrected chi connectivity index (χ2v) is 3.40. The monoisotopic (exact) mass is 197 g/mol. The fourth-order valence-corrected chi connectivity index (χ4v) is 1.64. The molecular weight excluding hydrogens is 185 g/mol. The van der Waals surface area contributed by atoms with Crippen molar-refractivity contribution in [2.24, 2.45) is 5.73 Å². The van der Waals surface area contributed by atoms with Crippen LogP contribution in [0.5, 0.6) is 5.75 Å². The molecule has 0 aromatic heterocycles. The van der Waals surface area contributed by atoms with Gasteiger partial charge in [0.2, 0.25) is 0 Å². The largest absolute Gasteiger partial charge is 0.490 e. The molecule has 1 heterocycles. The lowest BCUT2D eigenvalue weighted by atomic mass is 9.99. The van der Waals surface area contributed by atoms with Crippen LogP contribution in [0.2, 0.25) is 0 Å². The molecule has 1 aromatic rings. The fraction of sp³-hybridized carbons (Fsp3) is 0.400. The molecule has 1 atom stereocenters. The van der Waals surface area contributed by atoms with Crippen LogP contribution in [0, 0.1) is 5.82 Å². The van der Waals surface area contributed by atoms with Gasteiger partial charge in [0, 0.05) is 18.0 Å². The van der Waals surface area contributed by atoms with Gasteiger partial charge in [0.15, 0.2) is 11.6 Å². The average Bonchev–Trinajstić information content (AvgIpc) is 2.19. The maximum absolute atomic E-state index is 13.4. The molecule has 0 fully saturated rings. The summed E-state index contributed by atoms with van der Waals surface area (Å²) >= 11 is 0. The first kappa shape index (κ1) is 9.43. The van der Waals surface area contributed by atoms with Gasteiger partial charge < -0.3 is 15.6 Å². The van der Waals surface area contributed by atoms with E-state index in [9.17, 15) is 4.39 Å². The van der Waals surface area contributed by atoms with Crippen molar-refractivity contribution in [3.05, 3.63) is 29.1 Å². The molecule has 14 heavy (non-hydrogen) atoms. The van der Waals surface area contributed by atoms with Crippen molar-refractivity contribution in [3.8, 4) is 5.75 Å². The summed E-state index contributed by atoms with van der Waals surface area (Å²) in [7, 11) is 0. The Labute approximate surface area is 81.3 Å². The Morgan fingerprint density at radius 3 is 3.07 bits per heavy atom. The van der Waals surface area contributed by atoms with E-state index in [1.165, 1.54) is 6.07 Å². The summed E-state index contributed by atoms with van der Waals surface area (Å²) in [6.45, 7) is 0.264. The van der Waals surface area contributed by atoms with E-state index in [-0.39, 0.29) is 18.4 Å². The van der Waals surface area contributed by atoms with E-state index in [0.29, 0.717) is 24.2 Å². The zero-order chi connectivity index (χ0) is 10.1. The third-order valence-electron chi connectivity index (χ3n) is 2.39. The van der Waals surface area contributed by atoms with E-state index in [2.05, 4.69) is 0 Å². The van der Waals surface area contributed by atoms with E-state index in [0.717, 1.165) is 0 Å². The number of aliphatic hydroxyl groups excluding tert-OH is 1. The van der Waals surface area contributed by atoms with Crippen LogP contribution in [0.25, 0.3) is 0 Å². The summed E-state index contributed by atoms with van der Waals surface area (Å²) in [5.41, 5.74) is 6.99. The Bertz CT molecular complexity index is 354. The number of ether oxygens (including phenoxy) is 1. The van der Waals surface area contributed by atoms with Crippen molar-refractivity contribution in [2.75, 3.05) is 6.61 Å². The summed E-state index contributed by atoms with van der Waals surface area (Å²) in [6, 6.07) is 2.78. The third-order valence-corrected chi connectivity index (χ3v) is 2.39. The molecule has 4 heteroatoms. The van der Waals surface area contributed by atoms with Gasteiger partial charge in [-0.25, -0.2) is 4.39 Å². The van der Waals surface area contributed by atoms with Gasteiger partial charge in [0.25, 0.3) is 0 Å². The lowest BCUT2D eigenvalue weighted by molar-refractivity contribution is 0.252. The maximum Gasteiger partial charge on any atom is 0.165 e. The number of hydrogen-bond donors (Lipinski definition) is 2. The number of halogens is 1. The van der Waals surface area contributed by atoms with Gasteiger partial charge in [-0.2, -0.15) is 0 Å². The van der Waals surface area contributed by atoms with Gasteiger partial charge in [0.1, 0.15) is 0 Å². The van der Waals surface area contributed by atoms with E-state index in [1.807, 2.05) is 0 Å². The highest BCUT2D eigenvalue weighted by molar-refractivity contribution is 5.41. The number of aliphatic hydroxyl groups is 1. The molecule has 0 spiro atoms. The molecule has 0 unspecified atom stereocenters. The summed E-state index contributed by atoms with van der Waals surface area (Å²) in [5, 5.41) is 8.90. The molecule has 0 aliphatic carbocycles. The van der Waals surface area contributed by atoms with Crippen molar-refractivity contribution in [1.82, 2.24) is 0 Å². The maximum atomic E-state index is 13.4. The smallest absolute Gasteiger partial charge is 0.165 e. The summed E-state index contributed by atoms with van der Waals surface area (Å²) in [5.74, 6) is -0.206. The summed E-state index contributed by atoms with van der Waals surface area (Å²) in [4.78, 5) is 0. The lowest BCUT2D eigenvalue weighted by Crippen LogP contribution is -2.21. The van der Waals surface area contributed by atoms with Crippen molar-refractivity contribution < 1.29 is 14.2 Å². The minimum Gasteiger partial charge on any atom is -0.490 e. The number of hydrogen-bond acceptors (Lipinski definition) is 3. The highest BCUT2D eigenvalue weighted by atomic mass is 19.1. The Balaban J connectivity index is 2.51. The number of benzene rings is 1. The molecule has 76 valence electrons. The second kappa shape index (κ2) is 3.55. The van der Waals surface area contributed by atoms with Gasteiger partial charge in [-0.1, -0.05) is 0 Å². The molecule has 0 bridgehead atoms. The van der Waals surface area contributed by atoms with Crippen molar-refractivity contribution in [3.63, 3.8) is 0 Å². The van der Waals surface area contributed by atoms with Gasteiger partial charge in [0.05, 0.1) is 13.2 Å². The summed E-state index contributed by atoms with van der Waals surface area (Å²) < 4.78 is 18.6. The Morgan fingerprint density at radius 2 is 2.36 bits per heavy atom. The fourth-order valence-electron chi connectivity index (χ4n) is 1.64. The lowest BCUT2D eigenvalue weighted by Gasteiger charge is -2.23. The molecule has 3 nitrogen and oxygen atoms in total. The van der Waals surface area contributed by atoms with Crippen LogP contribution in [-0.2, 0) is 6.61 Å². The topological polar surface area (TPSA) is 55.5 Å². The normalized spacial score (nSPS) is 20.1. The van der Waals surface area contributed by atoms with Crippen molar-refractivity contribution in [2.45, 2.75) is 19.1 Å². The molecular formula is C10H12FNO2. The predicted octanol–water partition coefficient (Wildman–Crippen LogP) is 1.10. The minimum atomic E-state index is -0.443. The molecule has 1 aromatic carbocycles. The van der Waals surface area contributed by atoms with Crippen molar-refractivity contribution >= 4 is 0 Å². The molecule has 3 N–H and O–H groups in total. The van der Waals surface area contributed by atoms with Gasteiger partial charge >= 0.3 is 0 Å². The molecule has 0 saturated heterocycles. The van der Waals surface area contributed by atoms with Crippen molar-refractivity contribution in [1.29, 1.82) is 0 Å². The molecule has 2 rings (SSSR count). The molecule has 1 aliphatic heterocycles. The quantitative estimate of drug-likeness (QED) is 0.708. The van der Waals surface area contributed by atoms with Crippen LogP contribution < -0.4 is 10.5 Å². The third kappa shape index (κ3) is 1.47. The van der Waals surface area contributed by atoms with Crippen LogP contribution in [0.4, 0.5) is 4.39 Å². The Kier molecular flexibility index (Phi) is 2.39. The van der Waals surface area contributed by atoms with Crippen LogP contribution in [0.3, 0.4) is 0 Å². The zero-order valence-electron chi connectivity index (χ0n) is 7.66. The van der Waals surface area contributed by atoms with E-state index in [4.69, 9.17) is 15.6 Å². The summed E-state index contributed by atoms with van der Waals surface area (Å²) in [6.07, 6.45) is 0.682. The average molecular weight is 197 g/mol. The van der Waals surface area contributed by atoms with E-state index < -0.39 is 5.82 Å². The highest BCUT2D eigenvalue weighted by Gasteiger charge is 2.21. The van der Waals surface area contributed by atoms with Gasteiger partial charge in [-0.15, -0.1) is 0 Å². The Hall–Kier alpha value is -1.13. The van der Waals surface area contributed by atoms with Crippen LogP contribution in [-0.4, -0.2) is 11.7 Å². The van der Waals surface area contributed by atoms with E-state index >= 15 is 0 Å². The van der Waals surface area contributed by atoms with Crippen LogP contribution in [0.15, 0.2) is 12.1 Å². The zero-order valence-corrected chi connectivity index (χ0v) is 7.66. The first-order valence-electron chi connectivity index (χ1n) is 4.54. The van der Waals surface area contributed by atoms with Gasteiger partial charge in [-0.05, 0) is 17.7 Å². The first-order chi connectivity index (χ1) is 6.72. The van der Waals surface area contributed by atoms with Gasteiger partial charge in [-0.3, -0.25) is 0 Å². The first-order valence-corrected chi connectivity index (χ1v) is 4.54. The number of fused-ring (bicyclic) bond motifs is 1. The number of nitrogens with two attached hydrogens (primary N) is 1. The molecule has 1 aliphatic rings. The molecule has 0 amide bonds. The van der Waals surface area contributed by atoms with E-state index in [1.54, 1.807) is 6.07 Å². The molecule has 0 saturated carbocycles. The predicted molar refractivity (Wildman–Crippen MR) is 49.4 cm³/mol. The second-order valence-electron chi connectivity index (χ2n) is 3.40. The Morgan fingerprint density at radius 1 is 1.57 bits per heavy atom. The molecule has 0 radical (unpaired) electrons. The standard InChI is InChI=1S/C10H12FNO2/c11-8-4-6(5-13)3-7-9(12)1-2-14-10(7)8/h3-4,9,13H,1-2,5,12H2/t9-/m0/s1. The minimum absolute atomic E-state index is 0.184. The SMILES string of the molecule is N[C@H]1CCOc2c(F)cc(CO)cc21. The van der Waals surface area contributed by atoms with Crippen LogP contribution in [0.1, 0.15) is 23.6 Å². The number of rotatable bonds is 1. The highest BCUT2D eigenvalue weighted by Crippen LogP contribution is 2.33.